The number of aromatic nitrogens is 3. The zero-order valence-electron chi connectivity index (χ0n) is 18.4. The molecule has 0 aliphatic carbocycles. The molecular formula is C25H20Br2F2N4O2. The Balaban J connectivity index is 0.00000289. The number of aryl methyl sites for hydroxylation is 1. The van der Waals surface area contributed by atoms with E-state index in [1.54, 1.807) is 34.0 Å². The van der Waals surface area contributed by atoms with Gasteiger partial charge >= 0.3 is 0 Å². The first kappa shape index (κ1) is 25.1. The molecule has 1 aromatic heterocycles. The van der Waals surface area contributed by atoms with Gasteiger partial charge in [0.1, 0.15) is 18.2 Å². The molecule has 2 heterocycles. The largest absolute Gasteiger partial charge is 1.00 e. The number of carbonyl (C=O) groups excluding carboxylic acids is 2. The standard InChI is InChI=1S/C25H20BrF2N4O2.BrH/c26-21-9-8-20-23-18(21)4-3-5-19(23)24(33)32(25(20)34)11-2-1-10-31-15-30(14-29-31)13-16-6-7-17(27)12-22(16)28;/h3-9,12,14-15H,1-2,10-11,13H2;1H/q+1;/p-1. The van der Waals surface area contributed by atoms with Crippen molar-refractivity contribution in [1.29, 1.82) is 0 Å². The van der Waals surface area contributed by atoms with Crippen molar-refractivity contribution in [3.05, 3.63) is 94.0 Å². The van der Waals surface area contributed by atoms with Crippen molar-refractivity contribution in [1.82, 2.24) is 14.7 Å². The Kier molecular flexibility index (Phi) is 7.42. The molecule has 5 rings (SSSR count). The Labute approximate surface area is 219 Å². The third-order valence-corrected chi connectivity index (χ3v) is 6.65. The number of hydrogen-bond donors (Lipinski definition) is 0. The molecule has 4 aromatic rings. The van der Waals surface area contributed by atoms with Crippen LogP contribution in [0.5, 0.6) is 0 Å². The van der Waals surface area contributed by atoms with Crippen LogP contribution in [0.15, 0.2) is 65.7 Å². The third-order valence-electron chi connectivity index (χ3n) is 5.96. The van der Waals surface area contributed by atoms with Crippen LogP contribution in [-0.4, -0.2) is 33.0 Å². The number of halogens is 4. The molecule has 0 atom stereocenters. The second kappa shape index (κ2) is 10.3. The quantitative estimate of drug-likeness (QED) is 0.182. The lowest BCUT2D eigenvalue weighted by atomic mass is 9.94. The van der Waals surface area contributed by atoms with Gasteiger partial charge in [0.2, 0.25) is 6.33 Å². The van der Waals surface area contributed by atoms with Crippen molar-refractivity contribution in [2.24, 2.45) is 0 Å². The van der Waals surface area contributed by atoms with E-state index < -0.39 is 11.6 Å². The summed E-state index contributed by atoms with van der Waals surface area (Å²) in [7, 11) is 0. The summed E-state index contributed by atoms with van der Waals surface area (Å²) in [5.74, 6) is -1.76. The minimum Gasteiger partial charge on any atom is -1.00 e. The van der Waals surface area contributed by atoms with Gasteiger partial charge in [-0.25, -0.2) is 13.3 Å². The van der Waals surface area contributed by atoms with Crippen molar-refractivity contribution in [2.75, 3.05) is 6.54 Å². The van der Waals surface area contributed by atoms with E-state index in [-0.39, 0.29) is 35.3 Å². The fourth-order valence-corrected chi connectivity index (χ4v) is 4.73. The molecule has 3 aromatic carbocycles. The molecule has 35 heavy (non-hydrogen) atoms. The highest BCUT2D eigenvalue weighted by atomic mass is 79.9. The Morgan fingerprint density at radius 2 is 1.69 bits per heavy atom. The maximum Gasteiger partial charge on any atom is 0.265 e. The zero-order chi connectivity index (χ0) is 23.8. The van der Waals surface area contributed by atoms with Crippen molar-refractivity contribution < 1.29 is 39.9 Å². The SMILES string of the molecule is O=C1c2cccc3c(Br)ccc(c23)C(=O)N1CCCCn1c[n+](Cc2ccc(F)cc2F)cn1.[Br-]. The number of carbonyl (C=O) groups is 2. The number of unbranched alkanes of at least 4 members (excludes halogenated alkanes) is 1. The third kappa shape index (κ3) is 4.90. The Morgan fingerprint density at radius 3 is 2.46 bits per heavy atom. The summed E-state index contributed by atoms with van der Waals surface area (Å²) in [4.78, 5) is 27.4. The normalized spacial score (nSPS) is 12.8. The van der Waals surface area contributed by atoms with E-state index in [9.17, 15) is 18.4 Å². The van der Waals surface area contributed by atoms with Crippen LogP contribution >= 0.6 is 15.9 Å². The van der Waals surface area contributed by atoms with Crippen molar-refractivity contribution in [2.45, 2.75) is 25.9 Å². The molecule has 10 heteroatoms. The molecule has 0 bridgehead atoms. The second-order valence-corrected chi connectivity index (χ2v) is 9.06. The van der Waals surface area contributed by atoms with Gasteiger partial charge in [0.15, 0.2) is 0 Å². The van der Waals surface area contributed by atoms with E-state index >= 15 is 0 Å². The predicted molar refractivity (Wildman–Crippen MR) is 124 cm³/mol. The van der Waals surface area contributed by atoms with Gasteiger partial charge in [-0.3, -0.25) is 14.5 Å². The molecule has 1 aliphatic rings. The Hall–Kier alpha value is -2.98. The van der Waals surface area contributed by atoms with E-state index in [1.165, 1.54) is 17.0 Å². The number of imide groups is 1. The van der Waals surface area contributed by atoms with E-state index in [4.69, 9.17) is 0 Å². The van der Waals surface area contributed by atoms with Crippen LogP contribution in [0.2, 0.25) is 0 Å². The van der Waals surface area contributed by atoms with Gasteiger partial charge in [0.05, 0.1) is 6.54 Å². The highest BCUT2D eigenvalue weighted by Crippen LogP contribution is 2.34. The monoisotopic (exact) mass is 604 g/mol. The summed E-state index contributed by atoms with van der Waals surface area (Å²) in [5.41, 5.74) is 1.44. The maximum absolute atomic E-state index is 13.9. The molecule has 1 aliphatic heterocycles. The lowest BCUT2D eigenvalue weighted by molar-refractivity contribution is -0.689. The first-order chi connectivity index (χ1) is 16.4. The molecule has 0 N–H and O–H groups in total. The van der Waals surface area contributed by atoms with Gasteiger partial charge in [-0.1, -0.05) is 28.1 Å². The summed E-state index contributed by atoms with van der Waals surface area (Å²) in [5, 5.41) is 5.82. The summed E-state index contributed by atoms with van der Waals surface area (Å²) < 4.78 is 31.2. The first-order valence-electron chi connectivity index (χ1n) is 10.9. The second-order valence-electron chi connectivity index (χ2n) is 8.21. The van der Waals surface area contributed by atoms with Gasteiger partial charge in [0, 0.05) is 44.3 Å². The Morgan fingerprint density at radius 1 is 0.943 bits per heavy atom. The predicted octanol–water partition coefficient (Wildman–Crippen LogP) is 1.49. The van der Waals surface area contributed by atoms with Crippen LogP contribution in [0.4, 0.5) is 8.78 Å². The average Bonchev–Trinajstić information content (AvgIpc) is 3.27. The zero-order valence-corrected chi connectivity index (χ0v) is 21.6. The van der Waals surface area contributed by atoms with Gasteiger partial charge in [-0.15, -0.1) is 4.68 Å². The molecule has 0 fully saturated rings. The molecular weight excluding hydrogens is 586 g/mol. The van der Waals surface area contributed by atoms with E-state index in [1.807, 2.05) is 18.2 Å². The molecule has 6 nitrogen and oxygen atoms in total. The van der Waals surface area contributed by atoms with Crippen LogP contribution < -0.4 is 21.5 Å². The number of nitrogens with zero attached hydrogens (tertiary/aromatic N) is 4. The number of rotatable bonds is 7. The minimum absolute atomic E-state index is 0. The van der Waals surface area contributed by atoms with Crippen LogP contribution in [-0.2, 0) is 13.1 Å². The van der Waals surface area contributed by atoms with Crippen molar-refractivity contribution >= 4 is 38.5 Å². The van der Waals surface area contributed by atoms with Crippen molar-refractivity contribution in [3.8, 4) is 0 Å². The fourth-order valence-electron chi connectivity index (χ4n) is 4.26. The Bertz CT molecular complexity index is 1420. The summed E-state index contributed by atoms with van der Waals surface area (Å²) in [6.45, 7) is 1.13. The highest BCUT2D eigenvalue weighted by molar-refractivity contribution is 9.10. The van der Waals surface area contributed by atoms with Crippen LogP contribution in [0.25, 0.3) is 10.8 Å². The summed E-state index contributed by atoms with van der Waals surface area (Å²) >= 11 is 3.49. The highest BCUT2D eigenvalue weighted by Gasteiger charge is 2.32. The van der Waals surface area contributed by atoms with E-state index in [0.29, 0.717) is 48.0 Å². The maximum atomic E-state index is 13.9. The number of benzene rings is 3. The lowest BCUT2D eigenvalue weighted by Crippen LogP contribution is -3.00. The molecule has 2 amide bonds. The lowest BCUT2D eigenvalue weighted by Gasteiger charge is -2.27. The number of hydrogen-bond acceptors (Lipinski definition) is 3. The van der Waals surface area contributed by atoms with Gasteiger partial charge in [0.25, 0.3) is 18.1 Å². The summed E-state index contributed by atoms with van der Waals surface area (Å²) in [6.07, 6.45) is 4.64. The van der Waals surface area contributed by atoms with E-state index in [2.05, 4.69) is 21.0 Å². The van der Waals surface area contributed by atoms with Crippen LogP contribution in [0.1, 0.15) is 39.1 Å². The van der Waals surface area contributed by atoms with Gasteiger partial charge in [-0.2, -0.15) is 0 Å². The molecule has 0 spiro atoms. The average molecular weight is 606 g/mol. The molecule has 180 valence electrons. The first-order valence-corrected chi connectivity index (χ1v) is 11.6. The smallest absolute Gasteiger partial charge is 0.265 e. The van der Waals surface area contributed by atoms with Gasteiger partial charge in [-0.05, 0) is 48.6 Å². The topological polar surface area (TPSA) is 59.1 Å². The van der Waals surface area contributed by atoms with Crippen LogP contribution in [0, 0.1) is 11.6 Å². The molecule has 0 saturated carbocycles. The fraction of sp³-hybridized carbons (Fsp3) is 0.200. The van der Waals surface area contributed by atoms with Crippen LogP contribution in [0.3, 0.4) is 0 Å². The van der Waals surface area contributed by atoms with E-state index in [0.717, 1.165) is 15.9 Å². The molecule has 0 unspecified atom stereocenters. The molecule has 0 radical (unpaired) electrons. The molecule has 0 saturated heterocycles. The summed E-state index contributed by atoms with van der Waals surface area (Å²) in [6, 6.07) is 12.6. The minimum atomic E-state index is -0.611. The number of amides is 2. The van der Waals surface area contributed by atoms with Gasteiger partial charge < -0.3 is 17.0 Å². The van der Waals surface area contributed by atoms with Crippen molar-refractivity contribution in [3.63, 3.8) is 0 Å².